The van der Waals surface area contributed by atoms with Gasteiger partial charge < -0.3 is 15.8 Å². The van der Waals surface area contributed by atoms with Crippen molar-refractivity contribution in [2.75, 3.05) is 13.1 Å². The maximum Gasteiger partial charge on any atom is 0.273 e. The second-order valence-corrected chi connectivity index (χ2v) is 5.30. The van der Waals surface area contributed by atoms with Gasteiger partial charge >= 0.3 is 0 Å². The molecule has 2 heterocycles. The summed E-state index contributed by atoms with van der Waals surface area (Å²) in [6.45, 7) is 1.12. The number of halogens is 1. The predicted octanol–water partition coefficient (Wildman–Crippen LogP) is 1.44. The minimum atomic E-state index is -0.136. The van der Waals surface area contributed by atoms with Crippen LogP contribution in [0.15, 0.2) is 28.0 Å². The normalized spacial score (nSPS) is 20.4. The number of carbonyl (C=O) groups is 1. The molecule has 1 amide bonds. The van der Waals surface area contributed by atoms with Crippen molar-refractivity contribution >= 4 is 27.7 Å². The molecule has 3 N–H and O–H groups in total. The van der Waals surface area contributed by atoms with Crippen molar-refractivity contribution in [3.05, 3.63) is 28.5 Å². The third-order valence-corrected chi connectivity index (χ3v) is 3.84. The predicted molar refractivity (Wildman–Crippen MR) is 74.0 cm³/mol. The lowest BCUT2D eigenvalue weighted by Crippen LogP contribution is -2.44. The first-order valence-corrected chi connectivity index (χ1v) is 6.80. The Bertz CT molecular complexity index is 506. The highest BCUT2D eigenvalue weighted by Gasteiger charge is 2.28. The summed E-state index contributed by atoms with van der Waals surface area (Å²) in [7, 11) is 0. The fourth-order valence-corrected chi connectivity index (χ4v) is 2.60. The zero-order valence-corrected chi connectivity index (χ0v) is 11.9. The number of amides is 1. The quantitative estimate of drug-likeness (QED) is 0.372. The zero-order chi connectivity index (χ0) is 13.8. The molecular formula is C12H15BrN4O2. The monoisotopic (exact) mass is 326 g/mol. The molecule has 19 heavy (non-hydrogen) atoms. The van der Waals surface area contributed by atoms with Crippen molar-refractivity contribution in [2.24, 2.45) is 16.8 Å². The van der Waals surface area contributed by atoms with Crippen molar-refractivity contribution < 1.29 is 10.0 Å². The lowest BCUT2D eigenvalue weighted by atomic mass is 9.97. The molecule has 102 valence electrons. The van der Waals surface area contributed by atoms with E-state index in [9.17, 15) is 4.79 Å². The summed E-state index contributed by atoms with van der Waals surface area (Å²) >= 11 is 3.32. The van der Waals surface area contributed by atoms with E-state index in [1.54, 1.807) is 23.2 Å². The van der Waals surface area contributed by atoms with E-state index in [-0.39, 0.29) is 17.7 Å². The Morgan fingerprint density at radius 3 is 3.11 bits per heavy atom. The van der Waals surface area contributed by atoms with E-state index >= 15 is 0 Å². The average Bonchev–Trinajstić information content (AvgIpc) is 2.46. The van der Waals surface area contributed by atoms with Gasteiger partial charge in [-0.15, -0.1) is 0 Å². The van der Waals surface area contributed by atoms with E-state index in [0.29, 0.717) is 23.3 Å². The highest BCUT2D eigenvalue weighted by atomic mass is 79.9. The summed E-state index contributed by atoms with van der Waals surface area (Å²) in [6.07, 6.45) is 3.24. The van der Waals surface area contributed by atoms with Crippen LogP contribution in [-0.2, 0) is 0 Å². The molecule has 0 spiro atoms. The third-order valence-electron chi connectivity index (χ3n) is 3.20. The number of likely N-dealkylation sites (tertiary alicyclic amines) is 1. The van der Waals surface area contributed by atoms with Gasteiger partial charge in [-0.1, -0.05) is 5.16 Å². The Hall–Kier alpha value is -1.63. The topological polar surface area (TPSA) is 91.8 Å². The van der Waals surface area contributed by atoms with Crippen LogP contribution < -0.4 is 5.73 Å². The summed E-state index contributed by atoms with van der Waals surface area (Å²) < 4.78 is 0.672. The van der Waals surface area contributed by atoms with Crippen LogP contribution in [0.3, 0.4) is 0 Å². The summed E-state index contributed by atoms with van der Waals surface area (Å²) in [4.78, 5) is 18.2. The largest absolute Gasteiger partial charge is 0.409 e. The van der Waals surface area contributed by atoms with Gasteiger partial charge in [-0.25, -0.2) is 4.98 Å². The third kappa shape index (κ3) is 3.04. The van der Waals surface area contributed by atoms with Crippen LogP contribution in [0.5, 0.6) is 0 Å². The van der Waals surface area contributed by atoms with E-state index in [0.717, 1.165) is 12.8 Å². The molecule has 1 aliphatic heterocycles. The van der Waals surface area contributed by atoms with Gasteiger partial charge in [-0.3, -0.25) is 4.79 Å². The number of oxime groups is 1. The van der Waals surface area contributed by atoms with Crippen LogP contribution in [0, 0.1) is 5.92 Å². The van der Waals surface area contributed by atoms with E-state index in [1.165, 1.54) is 0 Å². The molecule has 1 fully saturated rings. The SMILES string of the molecule is N/C(=N/O)C1CCCN(C(=O)c2ncccc2Br)C1. The first-order chi connectivity index (χ1) is 9.13. The number of rotatable bonds is 2. The van der Waals surface area contributed by atoms with Crippen molar-refractivity contribution in [3.63, 3.8) is 0 Å². The second-order valence-electron chi connectivity index (χ2n) is 4.45. The summed E-state index contributed by atoms with van der Waals surface area (Å²) in [6, 6.07) is 3.54. The first kappa shape index (κ1) is 13.8. The van der Waals surface area contributed by atoms with E-state index in [1.807, 2.05) is 0 Å². The molecule has 0 bridgehead atoms. The lowest BCUT2D eigenvalue weighted by Gasteiger charge is -2.31. The summed E-state index contributed by atoms with van der Waals surface area (Å²) in [5.41, 5.74) is 6.01. The molecule has 6 nitrogen and oxygen atoms in total. The second kappa shape index (κ2) is 6.01. The van der Waals surface area contributed by atoms with Gasteiger partial charge in [-0.2, -0.15) is 0 Å². The van der Waals surface area contributed by atoms with E-state index < -0.39 is 0 Å². The molecule has 1 aromatic rings. The maximum atomic E-state index is 12.4. The molecule has 1 unspecified atom stereocenters. The standard InChI is InChI=1S/C12H15BrN4O2/c13-9-4-1-5-15-10(9)12(18)17-6-2-3-8(7-17)11(14)16-19/h1,4-5,8,19H,2-3,6-7H2,(H2,14,16). The number of nitrogens with zero attached hydrogens (tertiary/aromatic N) is 3. The number of carbonyl (C=O) groups excluding carboxylic acids is 1. The molecule has 0 radical (unpaired) electrons. The van der Waals surface area contributed by atoms with Gasteiger partial charge in [0.2, 0.25) is 0 Å². The Labute approximate surface area is 119 Å². The molecule has 1 aliphatic rings. The fourth-order valence-electron chi connectivity index (χ4n) is 2.18. The van der Waals surface area contributed by atoms with Gasteiger partial charge in [0.05, 0.1) is 0 Å². The molecule has 1 atom stereocenters. The van der Waals surface area contributed by atoms with E-state index in [4.69, 9.17) is 10.9 Å². The highest BCUT2D eigenvalue weighted by molar-refractivity contribution is 9.10. The summed E-state index contributed by atoms with van der Waals surface area (Å²) in [5, 5.41) is 11.7. The summed E-state index contributed by atoms with van der Waals surface area (Å²) in [5.74, 6) is -0.0503. The van der Waals surface area contributed by atoms with Crippen LogP contribution in [-0.4, -0.2) is 39.9 Å². The molecule has 0 saturated carbocycles. The van der Waals surface area contributed by atoms with Crippen molar-refractivity contribution in [1.29, 1.82) is 0 Å². The van der Waals surface area contributed by atoms with Gasteiger partial charge in [0.1, 0.15) is 11.5 Å². The van der Waals surface area contributed by atoms with Crippen molar-refractivity contribution in [1.82, 2.24) is 9.88 Å². The van der Waals surface area contributed by atoms with Crippen LogP contribution in [0.1, 0.15) is 23.3 Å². The van der Waals surface area contributed by atoms with Crippen LogP contribution in [0.4, 0.5) is 0 Å². The van der Waals surface area contributed by atoms with Gasteiger partial charge in [-0.05, 0) is 40.9 Å². The maximum absolute atomic E-state index is 12.4. The molecule has 7 heteroatoms. The number of hydrogen-bond acceptors (Lipinski definition) is 4. The molecule has 1 saturated heterocycles. The number of nitrogens with two attached hydrogens (primary N) is 1. The molecular weight excluding hydrogens is 312 g/mol. The average molecular weight is 327 g/mol. The van der Waals surface area contributed by atoms with Crippen LogP contribution in [0.25, 0.3) is 0 Å². The molecule has 0 aromatic carbocycles. The first-order valence-electron chi connectivity index (χ1n) is 6.00. The number of piperidine rings is 1. The zero-order valence-electron chi connectivity index (χ0n) is 10.3. The number of amidine groups is 1. The Morgan fingerprint density at radius 2 is 2.42 bits per heavy atom. The lowest BCUT2D eigenvalue weighted by molar-refractivity contribution is 0.0694. The van der Waals surface area contributed by atoms with Gasteiger partial charge in [0.15, 0.2) is 0 Å². The smallest absolute Gasteiger partial charge is 0.273 e. The van der Waals surface area contributed by atoms with Gasteiger partial charge in [0.25, 0.3) is 5.91 Å². The fraction of sp³-hybridized carbons (Fsp3) is 0.417. The number of pyridine rings is 1. The molecule has 1 aromatic heterocycles. The van der Waals surface area contributed by atoms with Crippen molar-refractivity contribution in [3.8, 4) is 0 Å². The Balaban J connectivity index is 2.14. The number of aromatic nitrogens is 1. The molecule has 2 rings (SSSR count). The minimum absolute atomic E-state index is 0.0924. The van der Waals surface area contributed by atoms with Gasteiger partial charge in [0, 0.05) is 29.7 Å². The highest BCUT2D eigenvalue weighted by Crippen LogP contribution is 2.21. The van der Waals surface area contributed by atoms with Crippen LogP contribution in [0.2, 0.25) is 0 Å². The van der Waals surface area contributed by atoms with Crippen LogP contribution >= 0.6 is 15.9 Å². The minimum Gasteiger partial charge on any atom is -0.409 e. The Morgan fingerprint density at radius 1 is 1.63 bits per heavy atom. The number of hydrogen-bond donors (Lipinski definition) is 2. The molecule has 0 aliphatic carbocycles. The van der Waals surface area contributed by atoms with Crippen molar-refractivity contribution in [2.45, 2.75) is 12.8 Å². The van der Waals surface area contributed by atoms with E-state index in [2.05, 4.69) is 26.1 Å². The Kier molecular flexibility index (Phi) is 4.36.